The third-order valence-corrected chi connectivity index (χ3v) is 4.12. The zero-order valence-corrected chi connectivity index (χ0v) is 13.6. The fourth-order valence-corrected chi connectivity index (χ4v) is 2.74. The second-order valence-electron chi connectivity index (χ2n) is 4.88. The van der Waals surface area contributed by atoms with E-state index in [1.807, 2.05) is 48.5 Å². The van der Waals surface area contributed by atoms with Crippen LogP contribution in [0.3, 0.4) is 0 Å². The van der Waals surface area contributed by atoms with Gasteiger partial charge in [0.05, 0.1) is 0 Å². The highest BCUT2D eigenvalue weighted by atomic mass is 32.2. The number of nitrogens with one attached hydrogen (secondary N) is 2. The van der Waals surface area contributed by atoms with E-state index in [1.165, 1.54) is 4.90 Å². The van der Waals surface area contributed by atoms with Gasteiger partial charge in [-0.25, -0.2) is 0 Å². The van der Waals surface area contributed by atoms with Crippen LogP contribution in [0.1, 0.15) is 16.8 Å². The average Bonchev–Trinajstić information content (AvgIpc) is 2.60. The molecule has 0 aliphatic heterocycles. The lowest BCUT2D eigenvalue weighted by molar-refractivity contribution is -0.120. The normalized spacial score (nSPS) is 10.1. The van der Waals surface area contributed by atoms with Gasteiger partial charge in [0, 0.05) is 35.7 Å². The maximum atomic E-state index is 11.8. The van der Waals surface area contributed by atoms with Gasteiger partial charge in [-0.15, -0.1) is 11.8 Å². The van der Waals surface area contributed by atoms with Crippen LogP contribution in [0.15, 0.2) is 65.6 Å². The van der Waals surface area contributed by atoms with Gasteiger partial charge in [0.1, 0.15) is 0 Å². The number of hydrogen-bond donors (Lipinski definition) is 2. The lowest BCUT2D eigenvalue weighted by atomic mass is 10.2. The molecule has 2 aromatic carbocycles. The SMILES string of the molecule is O=C(CCNC(=O)c1ccccc1)NCCSc1ccccc1. The summed E-state index contributed by atoms with van der Waals surface area (Å²) >= 11 is 1.70. The van der Waals surface area contributed by atoms with Crippen LogP contribution in [0.5, 0.6) is 0 Å². The number of hydrogen-bond acceptors (Lipinski definition) is 3. The standard InChI is InChI=1S/C18H20N2O2S/c21-17(19-13-14-23-16-9-5-2-6-10-16)11-12-20-18(22)15-7-3-1-4-8-15/h1-10H,11-14H2,(H,19,21)(H,20,22). The van der Waals surface area contributed by atoms with Crippen LogP contribution in [-0.4, -0.2) is 30.7 Å². The highest BCUT2D eigenvalue weighted by molar-refractivity contribution is 7.99. The molecule has 0 saturated heterocycles. The molecule has 0 spiro atoms. The molecule has 0 fully saturated rings. The lowest BCUT2D eigenvalue weighted by Gasteiger charge is -2.07. The first-order valence-corrected chi connectivity index (χ1v) is 8.52. The molecule has 0 aliphatic carbocycles. The van der Waals surface area contributed by atoms with E-state index in [1.54, 1.807) is 23.9 Å². The molecule has 2 rings (SSSR count). The number of amides is 2. The van der Waals surface area contributed by atoms with Gasteiger partial charge in [-0.3, -0.25) is 9.59 Å². The minimum Gasteiger partial charge on any atom is -0.355 e. The first-order valence-electron chi connectivity index (χ1n) is 7.53. The molecule has 0 saturated carbocycles. The van der Waals surface area contributed by atoms with Crippen LogP contribution < -0.4 is 10.6 Å². The predicted octanol–water partition coefficient (Wildman–Crippen LogP) is 2.72. The van der Waals surface area contributed by atoms with E-state index in [0.29, 0.717) is 18.7 Å². The lowest BCUT2D eigenvalue weighted by Crippen LogP contribution is -2.31. The van der Waals surface area contributed by atoms with Gasteiger partial charge in [0.25, 0.3) is 5.91 Å². The monoisotopic (exact) mass is 328 g/mol. The minimum absolute atomic E-state index is 0.0491. The van der Waals surface area contributed by atoms with Crippen molar-refractivity contribution < 1.29 is 9.59 Å². The fourth-order valence-electron chi connectivity index (χ4n) is 1.95. The number of carbonyl (C=O) groups is 2. The van der Waals surface area contributed by atoms with E-state index < -0.39 is 0 Å². The number of thioether (sulfide) groups is 1. The molecule has 2 aromatic rings. The highest BCUT2D eigenvalue weighted by Crippen LogP contribution is 2.15. The Morgan fingerprint density at radius 1 is 0.826 bits per heavy atom. The van der Waals surface area contributed by atoms with Crippen LogP contribution in [0.25, 0.3) is 0 Å². The zero-order valence-electron chi connectivity index (χ0n) is 12.8. The van der Waals surface area contributed by atoms with Crippen LogP contribution in [-0.2, 0) is 4.79 Å². The molecule has 0 bridgehead atoms. The topological polar surface area (TPSA) is 58.2 Å². The second kappa shape index (κ2) is 9.69. The molecule has 0 aromatic heterocycles. The number of rotatable bonds is 8. The molecular weight excluding hydrogens is 308 g/mol. The van der Waals surface area contributed by atoms with Gasteiger partial charge in [0.15, 0.2) is 0 Å². The van der Waals surface area contributed by atoms with E-state index >= 15 is 0 Å². The Bertz CT molecular complexity index is 617. The van der Waals surface area contributed by atoms with Crippen LogP contribution >= 0.6 is 11.8 Å². The Labute approximate surface area is 140 Å². The zero-order chi connectivity index (χ0) is 16.3. The Balaban J connectivity index is 1.56. The first-order chi connectivity index (χ1) is 11.3. The third-order valence-electron chi connectivity index (χ3n) is 3.11. The average molecular weight is 328 g/mol. The van der Waals surface area contributed by atoms with Crippen molar-refractivity contribution >= 4 is 23.6 Å². The summed E-state index contributed by atoms with van der Waals surface area (Å²) in [5, 5.41) is 5.60. The second-order valence-corrected chi connectivity index (χ2v) is 6.05. The summed E-state index contributed by atoms with van der Waals surface area (Å²) in [7, 11) is 0. The Morgan fingerprint density at radius 2 is 1.48 bits per heavy atom. The third kappa shape index (κ3) is 6.57. The van der Waals surface area contributed by atoms with E-state index in [-0.39, 0.29) is 18.2 Å². The molecular formula is C18H20N2O2S. The first kappa shape index (κ1) is 17.1. The number of benzene rings is 2. The van der Waals surface area contributed by atoms with Crippen molar-refractivity contribution in [1.82, 2.24) is 10.6 Å². The molecule has 23 heavy (non-hydrogen) atoms. The Morgan fingerprint density at radius 3 is 2.17 bits per heavy atom. The molecule has 0 atom stereocenters. The molecule has 0 radical (unpaired) electrons. The van der Waals surface area contributed by atoms with E-state index in [4.69, 9.17) is 0 Å². The van der Waals surface area contributed by atoms with Gasteiger partial charge >= 0.3 is 0 Å². The Kier molecular flexibility index (Phi) is 7.20. The summed E-state index contributed by atoms with van der Waals surface area (Å²) in [6.07, 6.45) is 0.286. The van der Waals surface area contributed by atoms with Crippen molar-refractivity contribution in [1.29, 1.82) is 0 Å². The van der Waals surface area contributed by atoms with Crippen molar-refractivity contribution in [3.05, 3.63) is 66.2 Å². The van der Waals surface area contributed by atoms with Crippen molar-refractivity contribution in [2.45, 2.75) is 11.3 Å². The molecule has 2 N–H and O–H groups in total. The molecule has 0 heterocycles. The molecule has 120 valence electrons. The molecule has 4 nitrogen and oxygen atoms in total. The van der Waals surface area contributed by atoms with Crippen molar-refractivity contribution in [3.63, 3.8) is 0 Å². The predicted molar refractivity (Wildman–Crippen MR) is 93.6 cm³/mol. The van der Waals surface area contributed by atoms with Gasteiger partial charge < -0.3 is 10.6 Å². The molecule has 5 heteroatoms. The van der Waals surface area contributed by atoms with Gasteiger partial charge in [-0.05, 0) is 24.3 Å². The highest BCUT2D eigenvalue weighted by Gasteiger charge is 2.05. The van der Waals surface area contributed by atoms with Crippen LogP contribution in [0.2, 0.25) is 0 Å². The minimum atomic E-state index is -0.155. The largest absolute Gasteiger partial charge is 0.355 e. The fraction of sp³-hybridized carbons (Fsp3) is 0.222. The van der Waals surface area contributed by atoms with Crippen molar-refractivity contribution in [2.24, 2.45) is 0 Å². The van der Waals surface area contributed by atoms with Crippen LogP contribution in [0.4, 0.5) is 0 Å². The van der Waals surface area contributed by atoms with Gasteiger partial charge in [-0.1, -0.05) is 36.4 Å². The van der Waals surface area contributed by atoms with Crippen LogP contribution in [0, 0.1) is 0 Å². The summed E-state index contributed by atoms with van der Waals surface area (Å²) in [5.41, 5.74) is 0.604. The summed E-state index contributed by atoms with van der Waals surface area (Å²) < 4.78 is 0. The van der Waals surface area contributed by atoms with Crippen molar-refractivity contribution in [2.75, 3.05) is 18.8 Å². The van der Waals surface area contributed by atoms with E-state index in [0.717, 1.165) is 5.75 Å². The van der Waals surface area contributed by atoms with E-state index in [2.05, 4.69) is 10.6 Å². The molecule has 0 aliphatic rings. The van der Waals surface area contributed by atoms with Crippen molar-refractivity contribution in [3.8, 4) is 0 Å². The maximum Gasteiger partial charge on any atom is 0.251 e. The van der Waals surface area contributed by atoms with E-state index in [9.17, 15) is 9.59 Å². The summed E-state index contributed by atoms with van der Waals surface area (Å²) in [5.74, 6) is 0.622. The Hall–Kier alpha value is -2.27. The maximum absolute atomic E-state index is 11.8. The van der Waals surface area contributed by atoms with Gasteiger partial charge in [0.2, 0.25) is 5.91 Å². The smallest absolute Gasteiger partial charge is 0.251 e. The molecule has 2 amide bonds. The number of carbonyl (C=O) groups excluding carboxylic acids is 2. The van der Waals surface area contributed by atoms with Gasteiger partial charge in [-0.2, -0.15) is 0 Å². The summed E-state index contributed by atoms with van der Waals surface area (Å²) in [6.45, 7) is 0.955. The summed E-state index contributed by atoms with van der Waals surface area (Å²) in [4.78, 5) is 24.7. The summed E-state index contributed by atoms with van der Waals surface area (Å²) in [6, 6.07) is 19.0. The molecule has 0 unspecified atom stereocenters. The quantitative estimate of drug-likeness (QED) is 0.579.